The van der Waals surface area contributed by atoms with Crippen molar-refractivity contribution in [2.45, 2.75) is 32.6 Å². The Morgan fingerprint density at radius 3 is 3.00 bits per heavy atom. The second-order valence-corrected chi connectivity index (χ2v) is 6.27. The summed E-state index contributed by atoms with van der Waals surface area (Å²) in [6.07, 6.45) is 3.61. The summed E-state index contributed by atoms with van der Waals surface area (Å²) in [5.74, 6) is 0.532. The second-order valence-electron chi connectivity index (χ2n) is 6.27. The molecule has 1 saturated heterocycles. The number of aliphatic hydroxyl groups is 1. The Morgan fingerprint density at radius 2 is 2.23 bits per heavy atom. The van der Waals surface area contributed by atoms with Crippen molar-refractivity contribution >= 4 is 5.91 Å². The van der Waals surface area contributed by atoms with Crippen LogP contribution in [0.2, 0.25) is 0 Å². The minimum atomic E-state index is 0.124. The first-order valence-corrected chi connectivity index (χ1v) is 8.33. The van der Waals surface area contributed by atoms with E-state index in [9.17, 15) is 9.90 Å². The van der Waals surface area contributed by atoms with Gasteiger partial charge in [-0.05, 0) is 49.8 Å². The van der Waals surface area contributed by atoms with Gasteiger partial charge in [-0.2, -0.15) is 0 Å². The SMILES string of the molecule is Cc1ccccc1CCC(=O)NCCN1CCC[C@H](CO)C1. The highest BCUT2D eigenvalue weighted by Crippen LogP contribution is 2.15. The highest BCUT2D eigenvalue weighted by Gasteiger charge is 2.18. The van der Waals surface area contributed by atoms with E-state index in [1.165, 1.54) is 11.1 Å². The minimum Gasteiger partial charge on any atom is -0.396 e. The molecule has 4 nitrogen and oxygen atoms in total. The number of nitrogens with one attached hydrogen (secondary N) is 1. The fourth-order valence-corrected chi connectivity index (χ4v) is 3.08. The third-order valence-corrected chi connectivity index (χ3v) is 4.49. The predicted octanol–water partition coefficient (Wildman–Crippen LogP) is 1.75. The molecule has 0 radical (unpaired) electrons. The number of hydrogen-bond donors (Lipinski definition) is 2. The summed E-state index contributed by atoms with van der Waals surface area (Å²) in [6.45, 7) is 5.98. The first-order chi connectivity index (χ1) is 10.7. The molecule has 122 valence electrons. The number of likely N-dealkylation sites (tertiary alicyclic amines) is 1. The van der Waals surface area contributed by atoms with Gasteiger partial charge in [-0.3, -0.25) is 4.79 Å². The smallest absolute Gasteiger partial charge is 0.220 e. The maximum Gasteiger partial charge on any atom is 0.220 e. The van der Waals surface area contributed by atoms with Crippen LogP contribution in [-0.2, 0) is 11.2 Å². The minimum absolute atomic E-state index is 0.124. The van der Waals surface area contributed by atoms with Gasteiger partial charge >= 0.3 is 0 Å². The molecule has 1 aliphatic heterocycles. The van der Waals surface area contributed by atoms with Crippen LogP contribution < -0.4 is 5.32 Å². The van der Waals surface area contributed by atoms with Crippen molar-refractivity contribution in [3.63, 3.8) is 0 Å². The Hall–Kier alpha value is -1.39. The largest absolute Gasteiger partial charge is 0.396 e. The molecule has 2 rings (SSSR count). The Kier molecular flexibility index (Phi) is 6.87. The zero-order chi connectivity index (χ0) is 15.8. The average Bonchev–Trinajstić information content (AvgIpc) is 2.54. The zero-order valence-corrected chi connectivity index (χ0v) is 13.6. The predicted molar refractivity (Wildman–Crippen MR) is 88.8 cm³/mol. The third-order valence-electron chi connectivity index (χ3n) is 4.49. The Balaban J connectivity index is 1.63. The van der Waals surface area contributed by atoms with E-state index in [4.69, 9.17) is 0 Å². The van der Waals surface area contributed by atoms with Crippen LogP contribution in [0.25, 0.3) is 0 Å². The van der Waals surface area contributed by atoms with Crippen molar-refractivity contribution in [2.24, 2.45) is 5.92 Å². The maximum absolute atomic E-state index is 11.9. The summed E-state index contributed by atoms with van der Waals surface area (Å²) in [5, 5.41) is 12.2. The van der Waals surface area contributed by atoms with Crippen LogP contribution >= 0.6 is 0 Å². The van der Waals surface area contributed by atoms with Crippen molar-refractivity contribution in [3.8, 4) is 0 Å². The lowest BCUT2D eigenvalue weighted by Gasteiger charge is -2.31. The summed E-state index contributed by atoms with van der Waals surface area (Å²) < 4.78 is 0. The first-order valence-electron chi connectivity index (χ1n) is 8.33. The number of rotatable bonds is 7. The number of nitrogens with zero attached hydrogens (tertiary/aromatic N) is 1. The van der Waals surface area contributed by atoms with Gasteiger partial charge in [-0.25, -0.2) is 0 Å². The molecule has 0 unspecified atom stereocenters. The Labute approximate surface area is 133 Å². The molecule has 4 heteroatoms. The number of aliphatic hydroxyl groups excluding tert-OH is 1. The van der Waals surface area contributed by atoms with Gasteiger partial charge in [0.05, 0.1) is 0 Å². The lowest BCUT2D eigenvalue weighted by Crippen LogP contribution is -2.41. The van der Waals surface area contributed by atoms with E-state index in [0.29, 0.717) is 18.9 Å². The van der Waals surface area contributed by atoms with Crippen molar-refractivity contribution < 1.29 is 9.90 Å². The summed E-state index contributed by atoms with van der Waals surface area (Å²) >= 11 is 0. The quantitative estimate of drug-likeness (QED) is 0.807. The van der Waals surface area contributed by atoms with E-state index in [1.807, 2.05) is 12.1 Å². The van der Waals surface area contributed by atoms with Crippen molar-refractivity contribution in [1.82, 2.24) is 10.2 Å². The summed E-state index contributed by atoms with van der Waals surface area (Å²) in [6, 6.07) is 8.22. The van der Waals surface area contributed by atoms with Crippen molar-refractivity contribution in [2.75, 3.05) is 32.8 Å². The van der Waals surface area contributed by atoms with Crippen molar-refractivity contribution in [3.05, 3.63) is 35.4 Å². The number of aryl methyl sites for hydroxylation is 2. The molecule has 1 aromatic rings. The Bertz CT molecular complexity index is 476. The van der Waals surface area contributed by atoms with Gasteiger partial charge in [0.15, 0.2) is 0 Å². The van der Waals surface area contributed by atoms with Crippen LogP contribution in [0.4, 0.5) is 0 Å². The van der Waals surface area contributed by atoms with Crippen LogP contribution in [0.5, 0.6) is 0 Å². The molecule has 0 spiro atoms. The van der Waals surface area contributed by atoms with Gasteiger partial charge < -0.3 is 15.3 Å². The van der Waals surface area contributed by atoms with Crippen LogP contribution in [0.3, 0.4) is 0 Å². The molecule has 1 heterocycles. The van der Waals surface area contributed by atoms with Gasteiger partial charge in [0.25, 0.3) is 0 Å². The van der Waals surface area contributed by atoms with Crippen LogP contribution in [0.15, 0.2) is 24.3 Å². The van der Waals surface area contributed by atoms with Gasteiger partial charge in [0, 0.05) is 32.7 Å². The fourth-order valence-electron chi connectivity index (χ4n) is 3.08. The summed E-state index contributed by atoms with van der Waals surface area (Å²) in [7, 11) is 0. The molecule has 0 bridgehead atoms. The topological polar surface area (TPSA) is 52.6 Å². The van der Waals surface area contributed by atoms with E-state index in [-0.39, 0.29) is 12.5 Å². The number of carbonyl (C=O) groups is 1. The molecular formula is C18H28N2O2. The van der Waals surface area contributed by atoms with E-state index in [0.717, 1.165) is 38.9 Å². The number of amides is 1. The third kappa shape index (κ3) is 5.43. The monoisotopic (exact) mass is 304 g/mol. The molecule has 0 aliphatic carbocycles. The standard InChI is InChI=1S/C18H28N2O2/c1-15-5-2-3-7-17(15)8-9-18(22)19-10-12-20-11-4-6-16(13-20)14-21/h2-3,5,7,16,21H,4,6,8-14H2,1H3,(H,19,22)/t16-/m0/s1. The molecule has 1 amide bonds. The van der Waals surface area contributed by atoms with Gasteiger partial charge in [-0.15, -0.1) is 0 Å². The second kappa shape index (κ2) is 8.91. The number of piperidine rings is 1. The van der Waals surface area contributed by atoms with E-state index in [2.05, 4.69) is 29.3 Å². The van der Waals surface area contributed by atoms with Gasteiger partial charge in [-0.1, -0.05) is 24.3 Å². The highest BCUT2D eigenvalue weighted by atomic mass is 16.3. The Morgan fingerprint density at radius 1 is 1.41 bits per heavy atom. The average molecular weight is 304 g/mol. The molecule has 1 atom stereocenters. The van der Waals surface area contributed by atoms with E-state index in [1.54, 1.807) is 0 Å². The molecule has 2 N–H and O–H groups in total. The van der Waals surface area contributed by atoms with Crippen LogP contribution in [0.1, 0.15) is 30.4 Å². The summed E-state index contributed by atoms with van der Waals surface area (Å²) in [5.41, 5.74) is 2.50. The van der Waals surface area contributed by atoms with Gasteiger partial charge in [0.2, 0.25) is 5.91 Å². The highest BCUT2D eigenvalue weighted by molar-refractivity contribution is 5.76. The molecule has 1 aliphatic rings. The normalized spacial score (nSPS) is 19.1. The molecule has 22 heavy (non-hydrogen) atoms. The number of carbonyl (C=O) groups excluding carboxylic acids is 1. The van der Waals surface area contributed by atoms with E-state index >= 15 is 0 Å². The number of hydrogen-bond acceptors (Lipinski definition) is 3. The molecule has 0 aromatic heterocycles. The number of benzene rings is 1. The molecular weight excluding hydrogens is 276 g/mol. The lowest BCUT2D eigenvalue weighted by molar-refractivity contribution is -0.121. The molecule has 0 saturated carbocycles. The maximum atomic E-state index is 11.9. The molecule has 1 fully saturated rings. The van der Waals surface area contributed by atoms with Crippen LogP contribution in [-0.4, -0.2) is 48.7 Å². The zero-order valence-electron chi connectivity index (χ0n) is 13.6. The first kappa shape index (κ1) is 17.0. The fraction of sp³-hybridized carbons (Fsp3) is 0.611. The summed E-state index contributed by atoms with van der Waals surface area (Å²) in [4.78, 5) is 14.3. The van der Waals surface area contributed by atoms with Gasteiger partial charge in [0.1, 0.15) is 0 Å². The van der Waals surface area contributed by atoms with E-state index < -0.39 is 0 Å². The molecule has 1 aromatic carbocycles. The van der Waals surface area contributed by atoms with Crippen molar-refractivity contribution in [1.29, 1.82) is 0 Å². The lowest BCUT2D eigenvalue weighted by atomic mass is 9.99. The van der Waals surface area contributed by atoms with Crippen LogP contribution in [0, 0.1) is 12.8 Å².